The van der Waals surface area contributed by atoms with Gasteiger partial charge in [0.1, 0.15) is 0 Å². The minimum Gasteiger partial charge on any atom is -0.347 e. The normalized spacial score (nSPS) is 13.9. The molecule has 0 fully saturated rings. The molecular formula is C9H19O2. The molecule has 0 aliphatic carbocycles. The van der Waals surface area contributed by atoms with Gasteiger partial charge in [-0.05, 0) is 19.8 Å². The van der Waals surface area contributed by atoms with Gasteiger partial charge in [0.05, 0.1) is 6.10 Å². The lowest BCUT2D eigenvalue weighted by molar-refractivity contribution is -0.161. The van der Waals surface area contributed by atoms with Crippen molar-refractivity contribution >= 4 is 0 Å². The third-order valence-corrected chi connectivity index (χ3v) is 1.61. The summed E-state index contributed by atoms with van der Waals surface area (Å²) in [6, 6.07) is 0. The topological polar surface area (TPSA) is 29.1 Å². The Morgan fingerprint density at radius 3 is 1.91 bits per heavy atom. The molecular weight excluding hydrogens is 140 g/mol. The lowest BCUT2D eigenvalue weighted by Gasteiger charge is -2.16. The molecule has 0 aromatic carbocycles. The molecule has 0 bridgehead atoms. The molecule has 0 spiro atoms. The minimum absolute atomic E-state index is 0.192. The van der Waals surface area contributed by atoms with E-state index in [0.717, 1.165) is 25.7 Å². The van der Waals surface area contributed by atoms with Gasteiger partial charge in [-0.2, -0.15) is 0 Å². The van der Waals surface area contributed by atoms with E-state index in [9.17, 15) is 5.11 Å². The summed E-state index contributed by atoms with van der Waals surface area (Å²) in [6.07, 6.45) is 3.55. The molecule has 1 atom stereocenters. The SMILES string of the molecule is CCCC(CCC)OC(C)[O]. The summed E-state index contributed by atoms with van der Waals surface area (Å²) in [4.78, 5) is 0. The highest BCUT2D eigenvalue weighted by molar-refractivity contribution is 4.55. The molecule has 0 rings (SSSR count). The van der Waals surface area contributed by atoms with Crippen LogP contribution in [0.1, 0.15) is 46.5 Å². The van der Waals surface area contributed by atoms with Crippen molar-refractivity contribution in [1.82, 2.24) is 0 Å². The van der Waals surface area contributed by atoms with Crippen molar-refractivity contribution in [2.75, 3.05) is 0 Å². The first-order valence-corrected chi connectivity index (χ1v) is 4.52. The number of hydrogen-bond acceptors (Lipinski definition) is 1. The van der Waals surface area contributed by atoms with Crippen molar-refractivity contribution in [3.8, 4) is 0 Å². The minimum atomic E-state index is -0.863. The second-order valence-electron chi connectivity index (χ2n) is 2.90. The van der Waals surface area contributed by atoms with E-state index in [0.29, 0.717) is 0 Å². The van der Waals surface area contributed by atoms with Crippen molar-refractivity contribution in [2.45, 2.75) is 58.8 Å². The first-order valence-electron chi connectivity index (χ1n) is 4.52. The fourth-order valence-electron chi connectivity index (χ4n) is 1.20. The molecule has 2 nitrogen and oxygen atoms in total. The zero-order valence-electron chi connectivity index (χ0n) is 7.80. The highest BCUT2D eigenvalue weighted by atomic mass is 16.6. The Kier molecular flexibility index (Phi) is 6.57. The number of ether oxygens (including phenoxy) is 1. The Morgan fingerprint density at radius 1 is 1.18 bits per heavy atom. The van der Waals surface area contributed by atoms with E-state index < -0.39 is 6.29 Å². The van der Waals surface area contributed by atoms with E-state index in [1.807, 2.05) is 0 Å². The van der Waals surface area contributed by atoms with Gasteiger partial charge in [0.2, 0.25) is 0 Å². The number of rotatable bonds is 6. The average Bonchev–Trinajstić information content (AvgIpc) is 1.87. The van der Waals surface area contributed by atoms with Crippen molar-refractivity contribution < 1.29 is 9.84 Å². The van der Waals surface area contributed by atoms with Gasteiger partial charge in [-0.1, -0.05) is 26.7 Å². The van der Waals surface area contributed by atoms with E-state index in [-0.39, 0.29) is 6.10 Å². The maximum absolute atomic E-state index is 10.7. The molecule has 0 amide bonds. The third-order valence-electron chi connectivity index (χ3n) is 1.61. The molecule has 1 unspecified atom stereocenters. The van der Waals surface area contributed by atoms with Crippen LogP contribution in [-0.2, 0) is 9.84 Å². The van der Waals surface area contributed by atoms with Crippen LogP contribution >= 0.6 is 0 Å². The summed E-state index contributed by atoms with van der Waals surface area (Å²) in [6.45, 7) is 5.78. The summed E-state index contributed by atoms with van der Waals surface area (Å²) in [5.74, 6) is 0. The highest BCUT2D eigenvalue weighted by Crippen LogP contribution is 2.10. The molecule has 2 heteroatoms. The monoisotopic (exact) mass is 159 g/mol. The van der Waals surface area contributed by atoms with Crippen LogP contribution in [0.3, 0.4) is 0 Å². The first kappa shape index (κ1) is 10.9. The predicted molar refractivity (Wildman–Crippen MR) is 44.8 cm³/mol. The Morgan fingerprint density at radius 2 is 1.64 bits per heavy atom. The lowest BCUT2D eigenvalue weighted by Crippen LogP contribution is -2.18. The molecule has 0 saturated heterocycles. The van der Waals surface area contributed by atoms with Gasteiger partial charge in [-0.15, -0.1) is 0 Å². The van der Waals surface area contributed by atoms with Crippen LogP contribution in [0, 0.1) is 0 Å². The van der Waals surface area contributed by atoms with Crippen LogP contribution < -0.4 is 0 Å². The molecule has 0 aliphatic heterocycles. The molecule has 0 saturated carbocycles. The van der Waals surface area contributed by atoms with Crippen LogP contribution in [0.25, 0.3) is 0 Å². The van der Waals surface area contributed by atoms with E-state index in [2.05, 4.69) is 13.8 Å². The van der Waals surface area contributed by atoms with Gasteiger partial charge >= 0.3 is 0 Å². The fraction of sp³-hybridized carbons (Fsp3) is 1.00. The number of hydrogen-bond donors (Lipinski definition) is 0. The Bertz CT molecular complexity index is 75.6. The molecule has 67 valence electrons. The van der Waals surface area contributed by atoms with Crippen LogP contribution in [-0.4, -0.2) is 12.4 Å². The van der Waals surface area contributed by atoms with Crippen LogP contribution in [0.5, 0.6) is 0 Å². The van der Waals surface area contributed by atoms with Crippen molar-refractivity contribution in [1.29, 1.82) is 0 Å². The average molecular weight is 159 g/mol. The van der Waals surface area contributed by atoms with Crippen LogP contribution in [0.2, 0.25) is 0 Å². The van der Waals surface area contributed by atoms with Crippen LogP contribution in [0.4, 0.5) is 0 Å². The van der Waals surface area contributed by atoms with Crippen molar-refractivity contribution in [2.24, 2.45) is 0 Å². The van der Waals surface area contributed by atoms with Gasteiger partial charge in [-0.3, -0.25) is 0 Å². The third kappa shape index (κ3) is 6.32. The van der Waals surface area contributed by atoms with Gasteiger partial charge in [-0.25, -0.2) is 5.11 Å². The maximum atomic E-state index is 10.7. The Hall–Kier alpha value is -0.0800. The molecule has 0 heterocycles. The summed E-state index contributed by atoms with van der Waals surface area (Å²) in [5.41, 5.74) is 0. The maximum Gasteiger partial charge on any atom is 0.188 e. The molecule has 11 heavy (non-hydrogen) atoms. The molecule has 0 N–H and O–H groups in total. The van der Waals surface area contributed by atoms with Gasteiger partial charge in [0.15, 0.2) is 6.29 Å². The van der Waals surface area contributed by atoms with Crippen molar-refractivity contribution in [3.05, 3.63) is 0 Å². The smallest absolute Gasteiger partial charge is 0.188 e. The van der Waals surface area contributed by atoms with Crippen molar-refractivity contribution in [3.63, 3.8) is 0 Å². The van der Waals surface area contributed by atoms with E-state index >= 15 is 0 Å². The zero-order valence-corrected chi connectivity index (χ0v) is 7.80. The molecule has 1 radical (unpaired) electrons. The van der Waals surface area contributed by atoms with E-state index in [1.165, 1.54) is 0 Å². The molecule has 0 aromatic rings. The fourth-order valence-corrected chi connectivity index (χ4v) is 1.20. The summed E-state index contributed by atoms with van der Waals surface area (Å²) in [7, 11) is 0. The summed E-state index contributed by atoms with van der Waals surface area (Å²) < 4.78 is 5.18. The van der Waals surface area contributed by atoms with Gasteiger partial charge < -0.3 is 4.74 Å². The zero-order chi connectivity index (χ0) is 8.69. The second kappa shape index (κ2) is 6.62. The first-order chi connectivity index (χ1) is 5.20. The highest BCUT2D eigenvalue weighted by Gasteiger charge is 2.09. The van der Waals surface area contributed by atoms with Gasteiger partial charge in [0.25, 0.3) is 0 Å². The van der Waals surface area contributed by atoms with E-state index in [1.54, 1.807) is 6.92 Å². The second-order valence-corrected chi connectivity index (χ2v) is 2.90. The predicted octanol–water partition coefficient (Wildman–Crippen LogP) is 2.75. The lowest BCUT2D eigenvalue weighted by atomic mass is 10.1. The van der Waals surface area contributed by atoms with E-state index in [4.69, 9.17) is 4.74 Å². The largest absolute Gasteiger partial charge is 0.347 e. The quantitative estimate of drug-likeness (QED) is 0.548. The molecule has 0 aliphatic rings. The molecule has 0 aromatic heterocycles. The Balaban J connectivity index is 3.50. The van der Waals surface area contributed by atoms with Crippen LogP contribution in [0.15, 0.2) is 0 Å². The summed E-state index contributed by atoms with van der Waals surface area (Å²) >= 11 is 0. The van der Waals surface area contributed by atoms with Gasteiger partial charge in [0, 0.05) is 0 Å². The standard InChI is InChI=1S/C9H19O2/c1-4-6-9(7-5-2)11-8(3)10/h8-9H,4-7H2,1-3H3. The Labute approximate surface area is 69.6 Å². The summed E-state index contributed by atoms with van der Waals surface area (Å²) in [5, 5.41) is 10.7.